The summed E-state index contributed by atoms with van der Waals surface area (Å²) in [5.41, 5.74) is 6.35. The van der Waals surface area contributed by atoms with E-state index >= 15 is 0 Å². The van der Waals surface area contributed by atoms with Gasteiger partial charge in [0.25, 0.3) is 0 Å². The molecule has 88 valence electrons. The summed E-state index contributed by atoms with van der Waals surface area (Å²) in [6.07, 6.45) is 3.53. The fourth-order valence-electron chi connectivity index (χ4n) is 1.39. The highest BCUT2D eigenvalue weighted by Gasteiger charge is 2.01. The van der Waals surface area contributed by atoms with Gasteiger partial charge in [0.05, 0.1) is 12.4 Å². The van der Waals surface area contributed by atoms with Crippen LogP contribution in [-0.4, -0.2) is 14.8 Å². The van der Waals surface area contributed by atoms with Gasteiger partial charge in [0.15, 0.2) is 5.75 Å². The van der Waals surface area contributed by atoms with Crippen LogP contribution >= 0.6 is 12.2 Å². The Kier molecular flexibility index (Phi) is 3.39. The van der Waals surface area contributed by atoms with Gasteiger partial charge in [0, 0.05) is 12.1 Å². The Morgan fingerprint density at radius 2 is 2.06 bits per heavy atom. The maximum atomic E-state index is 5.63. The molecule has 0 aliphatic rings. The van der Waals surface area contributed by atoms with Crippen LogP contribution < -0.4 is 10.5 Å². The van der Waals surface area contributed by atoms with Gasteiger partial charge >= 0.3 is 0 Å². The van der Waals surface area contributed by atoms with Gasteiger partial charge in [-0.2, -0.15) is 5.10 Å². The summed E-state index contributed by atoms with van der Waals surface area (Å²) in [5.74, 6) is 1.45. The van der Waals surface area contributed by atoms with Crippen LogP contribution in [0, 0.1) is 0 Å². The zero-order valence-electron chi connectivity index (χ0n) is 9.46. The number of aryl methyl sites for hydroxylation is 1. The van der Waals surface area contributed by atoms with Crippen molar-refractivity contribution in [1.29, 1.82) is 0 Å². The van der Waals surface area contributed by atoms with E-state index in [0.29, 0.717) is 4.99 Å². The maximum Gasteiger partial charge on any atom is 0.165 e. The van der Waals surface area contributed by atoms with Gasteiger partial charge in [0.2, 0.25) is 0 Å². The molecule has 17 heavy (non-hydrogen) atoms. The standard InChI is InChI=1S/C12H13N3OS/c1-2-15-8-11(7-14-15)16-10-5-3-9(4-6-10)12(13)17/h3-8H,2H2,1H3,(H2,13,17). The Balaban J connectivity index is 2.10. The van der Waals surface area contributed by atoms with Crippen molar-refractivity contribution in [2.45, 2.75) is 13.5 Å². The molecular weight excluding hydrogens is 234 g/mol. The van der Waals surface area contributed by atoms with Crippen molar-refractivity contribution in [2.75, 3.05) is 0 Å². The number of aromatic nitrogens is 2. The van der Waals surface area contributed by atoms with Crippen LogP contribution in [0.4, 0.5) is 0 Å². The molecule has 2 aromatic rings. The summed E-state index contributed by atoms with van der Waals surface area (Å²) in [4.78, 5) is 0.385. The summed E-state index contributed by atoms with van der Waals surface area (Å²) in [6.45, 7) is 2.84. The first-order valence-electron chi connectivity index (χ1n) is 5.29. The second-order valence-electron chi connectivity index (χ2n) is 3.52. The van der Waals surface area contributed by atoms with Crippen LogP contribution in [-0.2, 0) is 6.54 Å². The lowest BCUT2D eigenvalue weighted by Gasteiger charge is -2.03. The van der Waals surface area contributed by atoms with Crippen molar-refractivity contribution in [1.82, 2.24) is 9.78 Å². The smallest absolute Gasteiger partial charge is 0.165 e. The average Bonchev–Trinajstić information content (AvgIpc) is 2.77. The van der Waals surface area contributed by atoms with E-state index < -0.39 is 0 Å². The van der Waals surface area contributed by atoms with E-state index in [2.05, 4.69) is 5.10 Å². The van der Waals surface area contributed by atoms with Crippen molar-refractivity contribution in [3.8, 4) is 11.5 Å². The number of hydrogen-bond donors (Lipinski definition) is 1. The van der Waals surface area contributed by atoms with Crippen molar-refractivity contribution in [3.05, 3.63) is 42.2 Å². The van der Waals surface area contributed by atoms with Crippen molar-refractivity contribution in [3.63, 3.8) is 0 Å². The lowest BCUT2D eigenvalue weighted by atomic mass is 10.2. The lowest BCUT2D eigenvalue weighted by Crippen LogP contribution is -2.08. The number of thiocarbonyl (C=S) groups is 1. The lowest BCUT2D eigenvalue weighted by molar-refractivity contribution is 0.481. The van der Waals surface area contributed by atoms with Crippen molar-refractivity contribution >= 4 is 17.2 Å². The molecule has 0 amide bonds. The Morgan fingerprint density at radius 1 is 1.35 bits per heavy atom. The van der Waals surface area contributed by atoms with E-state index in [0.717, 1.165) is 23.6 Å². The average molecular weight is 247 g/mol. The van der Waals surface area contributed by atoms with Gasteiger partial charge in [-0.15, -0.1) is 0 Å². The molecule has 4 nitrogen and oxygen atoms in total. The van der Waals surface area contributed by atoms with Gasteiger partial charge in [-0.1, -0.05) is 12.2 Å². The van der Waals surface area contributed by atoms with E-state index in [4.69, 9.17) is 22.7 Å². The van der Waals surface area contributed by atoms with E-state index in [1.165, 1.54) is 0 Å². The molecule has 1 heterocycles. The minimum Gasteiger partial charge on any atom is -0.454 e. The molecule has 5 heteroatoms. The molecule has 1 aromatic carbocycles. The molecule has 2 N–H and O–H groups in total. The topological polar surface area (TPSA) is 53.1 Å². The van der Waals surface area contributed by atoms with Crippen LogP contribution in [0.1, 0.15) is 12.5 Å². The molecule has 0 saturated carbocycles. The number of hydrogen-bond acceptors (Lipinski definition) is 3. The quantitative estimate of drug-likeness (QED) is 0.842. The van der Waals surface area contributed by atoms with Crippen LogP contribution in [0.5, 0.6) is 11.5 Å². The van der Waals surface area contributed by atoms with E-state index in [1.54, 1.807) is 10.9 Å². The third kappa shape index (κ3) is 2.82. The molecule has 0 aliphatic carbocycles. The fourth-order valence-corrected chi connectivity index (χ4v) is 1.53. The zero-order valence-corrected chi connectivity index (χ0v) is 10.3. The third-order valence-electron chi connectivity index (χ3n) is 2.31. The summed E-state index contributed by atoms with van der Waals surface area (Å²) < 4.78 is 7.43. The second-order valence-corrected chi connectivity index (χ2v) is 3.96. The number of rotatable bonds is 4. The maximum absolute atomic E-state index is 5.63. The van der Waals surface area contributed by atoms with Gasteiger partial charge in [-0.05, 0) is 31.2 Å². The molecule has 1 aromatic heterocycles. The third-order valence-corrected chi connectivity index (χ3v) is 2.54. The van der Waals surface area contributed by atoms with Crippen molar-refractivity contribution < 1.29 is 4.74 Å². The second kappa shape index (κ2) is 4.97. The first-order chi connectivity index (χ1) is 8.19. The molecular formula is C12H13N3OS. The highest BCUT2D eigenvalue weighted by molar-refractivity contribution is 7.80. The Hall–Kier alpha value is -1.88. The van der Waals surface area contributed by atoms with Crippen molar-refractivity contribution in [2.24, 2.45) is 5.73 Å². The van der Waals surface area contributed by atoms with E-state index in [-0.39, 0.29) is 0 Å². The number of benzene rings is 1. The monoisotopic (exact) mass is 247 g/mol. The summed E-state index contributed by atoms with van der Waals surface area (Å²) in [5, 5.41) is 4.13. The highest BCUT2D eigenvalue weighted by Crippen LogP contribution is 2.20. The molecule has 0 atom stereocenters. The molecule has 0 fully saturated rings. The molecule has 0 spiro atoms. The number of nitrogens with zero attached hydrogens (tertiary/aromatic N) is 2. The number of nitrogens with two attached hydrogens (primary N) is 1. The normalized spacial score (nSPS) is 10.2. The van der Waals surface area contributed by atoms with Gasteiger partial charge in [-0.25, -0.2) is 0 Å². The zero-order chi connectivity index (χ0) is 12.3. The summed E-state index contributed by atoms with van der Waals surface area (Å²) in [6, 6.07) is 7.33. The molecule has 0 bridgehead atoms. The molecule has 0 saturated heterocycles. The van der Waals surface area contributed by atoms with Crippen LogP contribution in [0.15, 0.2) is 36.7 Å². The largest absolute Gasteiger partial charge is 0.454 e. The minimum absolute atomic E-state index is 0.385. The predicted molar refractivity (Wildman–Crippen MR) is 70.3 cm³/mol. The van der Waals surface area contributed by atoms with Crippen LogP contribution in [0.2, 0.25) is 0 Å². The Bertz CT molecular complexity index is 519. The van der Waals surface area contributed by atoms with Crippen LogP contribution in [0.25, 0.3) is 0 Å². The minimum atomic E-state index is 0.385. The molecule has 0 radical (unpaired) electrons. The molecule has 2 rings (SSSR count). The van der Waals surface area contributed by atoms with Crippen LogP contribution in [0.3, 0.4) is 0 Å². The van der Waals surface area contributed by atoms with Gasteiger partial charge in [-0.3, -0.25) is 4.68 Å². The summed E-state index contributed by atoms with van der Waals surface area (Å²) in [7, 11) is 0. The Labute approximate surface area is 105 Å². The SMILES string of the molecule is CCn1cc(Oc2ccc(C(N)=S)cc2)cn1. The Morgan fingerprint density at radius 3 is 2.59 bits per heavy atom. The fraction of sp³-hybridized carbons (Fsp3) is 0.167. The van der Waals surface area contributed by atoms with Gasteiger partial charge < -0.3 is 10.5 Å². The predicted octanol–water partition coefficient (Wildman–Crippen LogP) is 2.33. The molecule has 0 unspecified atom stereocenters. The van der Waals surface area contributed by atoms with Gasteiger partial charge in [0.1, 0.15) is 10.7 Å². The summed E-state index contributed by atoms with van der Waals surface area (Å²) >= 11 is 4.88. The highest BCUT2D eigenvalue weighted by atomic mass is 32.1. The van der Waals surface area contributed by atoms with E-state index in [9.17, 15) is 0 Å². The first kappa shape index (κ1) is 11.6. The molecule has 0 aliphatic heterocycles. The number of ether oxygens (including phenoxy) is 1. The first-order valence-corrected chi connectivity index (χ1v) is 5.70. The van der Waals surface area contributed by atoms with E-state index in [1.807, 2.05) is 37.4 Å².